The molecule has 0 spiro atoms. The Balaban J connectivity index is 1.49. The number of hydrogen-bond donors (Lipinski definition) is 2. The average Bonchev–Trinajstić information content (AvgIpc) is 2.85. The van der Waals surface area contributed by atoms with Gasteiger partial charge in [0.05, 0.1) is 11.2 Å². The lowest BCUT2D eigenvalue weighted by atomic mass is 9.75. The van der Waals surface area contributed by atoms with Gasteiger partial charge in [-0.3, -0.25) is 0 Å². The Bertz CT molecular complexity index is 666. The van der Waals surface area contributed by atoms with Crippen molar-refractivity contribution in [1.29, 1.82) is 0 Å². The number of benzene rings is 1. The summed E-state index contributed by atoms with van der Waals surface area (Å²) in [7, 11) is -0.218. The molecule has 0 saturated carbocycles. The maximum atomic E-state index is 12.6. The summed E-state index contributed by atoms with van der Waals surface area (Å²) in [6.45, 7) is 9.76. The molecular formula is C21H33BN2O4. The number of hydrogen-bond acceptors (Lipinski definition) is 6. The third kappa shape index (κ3) is 4.77. The maximum Gasteiger partial charge on any atom is 0.457 e. The van der Waals surface area contributed by atoms with Crippen molar-refractivity contribution >= 4 is 13.1 Å². The van der Waals surface area contributed by atoms with Gasteiger partial charge in [-0.25, -0.2) is 4.79 Å². The van der Waals surface area contributed by atoms with Crippen molar-refractivity contribution in [2.24, 2.45) is 11.7 Å². The molecule has 0 radical (unpaired) electrons. The van der Waals surface area contributed by atoms with Crippen LogP contribution in [0.15, 0.2) is 30.3 Å². The zero-order chi connectivity index (χ0) is 20.4. The van der Waals surface area contributed by atoms with Crippen molar-refractivity contribution in [2.75, 3.05) is 13.1 Å². The number of nitrogens with one attached hydrogen (secondary N) is 1. The third-order valence-corrected chi connectivity index (χ3v) is 6.26. The number of piperidine rings is 1. The summed E-state index contributed by atoms with van der Waals surface area (Å²) >= 11 is 0. The molecular weight excluding hydrogens is 355 g/mol. The Morgan fingerprint density at radius 1 is 1.21 bits per heavy atom. The zero-order valence-corrected chi connectivity index (χ0v) is 17.5. The van der Waals surface area contributed by atoms with E-state index >= 15 is 0 Å². The van der Waals surface area contributed by atoms with E-state index in [1.807, 2.05) is 30.3 Å². The molecule has 2 aliphatic rings. The third-order valence-electron chi connectivity index (χ3n) is 6.26. The van der Waals surface area contributed by atoms with Crippen molar-refractivity contribution in [1.82, 2.24) is 5.32 Å². The summed E-state index contributed by atoms with van der Waals surface area (Å²) in [6, 6.07) is 9.65. The van der Waals surface area contributed by atoms with Gasteiger partial charge in [0, 0.05) is 6.54 Å². The zero-order valence-electron chi connectivity index (χ0n) is 17.5. The molecule has 3 N–H and O–H groups in total. The minimum absolute atomic E-state index is 0.218. The fourth-order valence-corrected chi connectivity index (χ4v) is 3.84. The van der Waals surface area contributed by atoms with Crippen LogP contribution >= 0.6 is 0 Å². The van der Waals surface area contributed by atoms with Crippen molar-refractivity contribution in [3.63, 3.8) is 0 Å². The second kappa shape index (κ2) is 8.15. The molecule has 28 heavy (non-hydrogen) atoms. The summed E-state index contributed by atoms with van der Waals surface area (Å²) in [6.07, 6.45) is 2.27. The lowest BCUT2D eigenvalue weighted by molar-refractivity contribution is -0.152. The first kappa shape index (κ1) is 21.3. The highest BCUT2D eigenvalue weighted by Gasteiger charge is 2.51. The van der Waals surface area contributed by atoms with Gasteiger partial charge in [-0.05, 0) is 58.5 Å². The Morgan fingerprint density at radius 2 is 1.86 bits per heavy atom. The molecule has 2 heterocycles. The van der Waals surface area contributed by atoms with E-state index in [1.165, 1.54) is 0 Å². The van der Waals surface area contributed by atoms with E-state index < -0.39 is 5.54 Å². The maximum absolute atomic E-state index is 12.6. The second-order valence-corrected chi connectivity index (χ2v) is 9.18. The molecule has 154 valence electrons. The van der Waals surface area contributed by atoms with Crippen LogP contribution in [0.3, 0.4) is 0 Å². The highest BCUT2D eigenvalue weighted by atomic mass is 16.7. The van der Waals surface area contributed by atoms with Crippen LogP contribution in [0.4, 0.5) is 0 Å². The summed E-state index contributed by atoms with van der Waals surface area (Å²) in [5, 5.41) is 3.30. The van der Waals surface area contributed by atoms with Crippen LogP contribution in [0.1, 0.15) is 46.1 Å². The monoisotopic (exact) mass is 388 g/mol. The van der Waals surface area contributed by atoms with Crippen LogP contribution in [0.2, 0.25) is 6.32 Å². The summed E-state index contributed by atoms with van der Waals surface area (Å²) in [4.78, 5) is 12.6. The van der Waals surface area contributed by atoms with Crippen LogP contribution in [0.5, 0.6) is 0 Å². The molecule has 0 aliphatic carbocycles. The van der Waals surface area contributed by atoms with E-state index in [4.69, 9.17) is 19.8 Å². The van der Waals surface area contributed by atoms with Gasteiger partial charge in [0.25, 0.3) is 0 Å². The van der Waals surface area contributed by atoms with Crippen molar-refractivity contribution in [2.45, 2.75) is 70.2 Å². The molecule has 7 heteroatoms. The van der Waals surface area contributed by atoms with Gasteiger partial charge in [0.1, 0.15) is 12.1 Å². The average molecular weight is 388 g/mol. The summed E-state index contributed by atoms with van der Waals surface area (Å²) in [5.41, 5.74) is 5.76. The Morgan fingerprint density at radius 3 is 2.50 bits per heavy atom. The Labute approximate surface area is 168 Å². The minimum atomic E-state index is -0.992. The SMILES string of the molecule is CC1(C)OB(CC[C@@H]2CNC[C@](N)(C(=O)OCc3ccccc3)C2)OC1(C)C. The first-order valence-corrected chi connectivity index (χ1v) is 10.2. The van der Waals surface area contributed by atoms with E-state index in [9.17, 15) is 4.79 Å². The van der Waals surface area contributed by atoms with Crippen LogP contribution in [0.25, 0.3) is 0 Å². The van der Waals surface area contributed by atoms with Crippen LogP contribution in [-0.2, 0) is 25.4 Å². The van der Waals surface area contributed by atoms with E-state index in [0.717, 1.165) is 24.8 Å². The van der Waals surface area contributed by atoms with E-state index in [0.29, 0.717) is 13.0 Å². The molecule has 6 nitrogen and oxygen atoms in total. The van der Waals surface area contributed by atoms with Gasteiger partial charge >= 0.3 is 13.1 Å². The summed E-state index contributed by atoms with van der Waals surface area (Å²) in [5.74, 6) is -0.0637. The summed E-state index contributed by atoms with van der Waals surface area (Å²) < 4.78 is 17.7. The van der Waals surface area contributed by atoms with Gasteiger partial charge in [-0.2, -0.15) is 0 Å². The molecule has 0 amide bonds. The molecule has 0 aromatic heterocycles. The van der Waals surface area contributed by atoms with Crippen molar-refractivity contribution in [3.05, 3.63) is 35.9 Å². The first-order valence-electron chi connectivity index (χ1n) is 10.2. The van der Waals surface area contributed by atoms with Crippen LogP contribution in [0, 0.1) is 5.92 Å². The van der Waals surface area contributed by atoms with Gasteiger partial charge in [0.2, 0.25) is 0 Å². The highest BCUT2D eigenvalue weighted by molar-refractivity contribution is 6.45. The quantitative estimate of drug-likeness (QED) is 0.576. The molecule has 2 aliphatic heterocycles. The van der Waals surface area contributed by atoms with Gasteiger partial charge < -0.3 is 25.1 Å². The molecule has 2 saturated heterocycles. The van der Waals surface area contributed by atoms with Crippen molar-refractivity contribution in [3.8, 4) is 0 Å². The largest absolute Gasteiger partial charge is 0.459 e. The Kier molecular flexibility index (Phi) is 6.20. The smallest absolute Gasteiger partial charge is 0.457 e. The Hall–Kier alpha value is -1.41. The minimum Gasteiger partial charge on any atom is -0.459 e. The lowest BCUT2D eigenvalue weighted by Gasteiger charge is -2.36. The van der Waals surface area contributed by atoms with E-state index in [1.54, 1.807) is 0 Å². The first-order chi connectivity index (χ1) is 13.1. The lowest BCUT2D eigenvalue weighted by Crippen LogP contribution is -2.61. The van der Waals surface area contributed by atoms with Gasteiger partial charge in [-0.15, -0.1) is 0 Å². The fraction of sp³-hybridized carbons (Fsp3) is 0.667. The number of nitrogens with two attached hydrogens (primary N) is 1. The normalized spacial score (nSPS) is 28.9. The van der Waals surface area contributed by atoms with Crippen LogP contribution < -0.4 is 11.1 Å². The second-order valence-electron chi connectivity index (χ2n) is 9.18. The predicted molar refractivity (Wildman–Crippen MR) is 110 cm³/mol. The molecule has 0 unspecified atom stereocenters. The van der Waals surface area contributed by atoms with Crippen LogP contribution in [-0.4, -0.2) is 42.9 Å². The standard InChI is InChI=1S/C21H33BN2O4/c1-19(2)20(3,4)28-22(27-19)11-10-17-12-21(23,15-24-13-17)18(25)26-14-16-8-6-5-7-9-16/h5-9,17,24H,10-15,23H2,1-4H3/t17-,21-/m0/s1. The highest BCUT2D eigenvalue weighted by Crippen LogP contribution is 2.38. The number of esters is 1. The number of carbonyl (C=O) groups excluding carboxylic acids is 1. The molecule has 1 aromatic carbocycles. The number of carbonyl (C=O) groups is 1. The molecule has 3 rings (SSSR count). The van der Waals surface area contributed by atoms with Crippen molar-refractivity contribution < 1.29 is 18.8 Å². The number of ether oxygens (including phenoxy) is 1. The van der Waals surface area contributed by atoms with Gasteiger partial charge in [0.15, 0.2) is 0 Å². The van der Waals surface area contributed by atoms with E-state index in [2.05, 4.69) is 33.0 Å². The molecule has 0 bridgehead atoms. The molecule has 2 fully saturated rings. The molecule has 1 aromatic rings. The topological polar surface area (TPSA) is 82.8 Å². The number of rotatable bonds is 6. The predicted octanol–water partition coefficient (Wildman–Crippen LogP) is 2.52. The van der Waals surface area contributed by atoms with E-state index in [-0.39, 0.29) is 36.8 Å². The molecule has 2 atom stereocenters. The fourth-order valence-electron chi connectivity index (χ4n) is 3.84. The van der Waals surface area contributed by atoms with Gasteiger partial charge in [-0.1, -0.05) is 36.8 Å².